The molecular formula is C13H21F2N5. The Kier molecular flexibility index (Phi) is 3.72. The Bertz CT molecular complexity index is 457. The molecule has 0 aliphatic carbocycles. The fraction of sp³-hybridized carbons (Fsp3) is 0.846. The highest BCUT2D eigenvalue weighted by atomic mass is 19.3. The third kappa shape index (κ3) is 2.56. The van der Waals surface area contributed by atoms with Crippen molar-refractivity contribution in [2.24, 2.45) is 7.05 Å². The predicted molar refractivity (Wildman–Crippen MR) is 70.4 cm³/mol. The maximum atomic E-state index is 13.0. The highest BCUT2D eigenvalue weighted by molar-refractivity contribution is 5.11. The zero-order valence-corrected chi connectivity index (χ0v) is 11.8. The molecule has 0 saturated carbocycles. The van der Waals surface area contributed by atoms with Crippen LogP contribution in [0.1, 0.15) is 43.5 Å². The molecule has 1 spiro atoms. The van der Waals surface area contributed by atoms with Gasteiger partial charge < -0.3 is 5.32 Å². The smallest absolute Gasteiger partial charge is 0.281 e. The summed E-state index contributed by atoms with van der Waals surface area (Å²) < 4.78 is 27.2. The van der Waals surface area contributed by atoms with Gasteiger partial charge in [0, 0.05) is 32.2 Å². The molecule has 1 aromatic heterocycles. The van der Waals surface area contributed by atoms with Crippen LogP contribution in [0.5, 0.6) is 0 Å². The van der Waals surface area contributed by atoms with Crippen LogP contribution in [0.15, 0.2) is 0 Å². The molecule has 2 aliphatic heterocycles. The second kappa shape index (κ2) is 5.37. The van der Waals surface area contributed by atoms with Gasteiger partial charge in [-0.1, -0.05) is 5.21 Å². The Hall–Kier alpha value is -1.08. The SMILES string of the molecule is Cn1nnc(CN2CCC3(CCCN3)CC2)c1C(F)F. The molecule has 0 unspecified atom stereocenters. The normalized spacial score (nSPS) is 23.0. The summed E-state index contributed by atoms with van der Waals surface area (Å²) in [5, 5.41) is 11.2. The van der Waals surface area contributed by atoms with Gasteiger partial charge in [-0.2, -0.15) is 0 Å². The van der Waals surface area contributed by atoms with Crippen molar-refractivity contribution in [1.29, 1.82) is 0 Å². The summed E-state index contributed by atoms with van der Waals surface area (Å²) in [5.41, 5.74) is 0.673. The molecule has 3 rings (SSSR count). The number of hydrogen-bond donors (Lipinski definition) is 1. The molecule has 0 amide bonds. The summed E-state index contributed by atoms with van der Waals surface area (Å²) in [6, 6.07) is 0. The number of rotatable bonds is 3. The van der Waals surface area contributed by atoms with E-state index in [2.05, 4.69) is 20.5 Å². The van der Waals surface area contributed by atoms with Crippen LogP contribution in [0.4, 0.5) is 8.78 Å². The standard InChI is InChI=1S/C13H21F2N5/c1-19-11(12(14)15)10(17-18-19)9-20-7-4-13(5-8-20)3-2-6-16-13/h12,16H,2-9H2,1H3. The molecule has 0 aromatic carbocycles. The monoisotopic (exact) mass is 285 g/mol. The van der Waals surface area contributed by atoms with Crippen molar-refractivity contribution in [2.75, 3.05) is 19.6 Å². The molecular weight excluding hydrogens is 264 g/mol. The predicted octanol–water partition coefficient (Wildman–Crippen LogP) is 1.47. The molecule has 7 heteroatoms. The summed E-state index contributed by atoms with van der Waals surface area (Å²) >= 11 is 0. The van der Waals surface area contributed by atoms with Gasteiger partial charge in [-0.3, -0.25) is 4.90 Å². The fourth-order valence-electron chi connectivity index (χ4n) is 3.43. The first-order chi connectivity index (χ1) is 9.60. The second-order valence-corrected chi connectivity index (χ2v) is 5.93. The number of nitrogens with zero attached hydrogens (tertiary/aromatic N) is 4. The molecule has 1 N–H and O–H groups in total. The molecule has 5 nitrogen and oxygen atoms in total. The number of piperidine rings is 1. The maximum Gasteiger partial charge on any atom is 0.281 e. The molecule has 3 heterocycles. The minimum atomic E-state index is -2.52. The van der Waals surface area contributed by atoms with E-state index in [1.165, 1.54) is 24.6 Å². The summed E-state index contributed by atoms with van der Waals surface area (Å²) in [6.45, 7) is 3.46. The van der Waals surface area contributed by atoms with Crippen LogP contribution >= 0.6 is 0 Å². The fourth-order valence-corrected chi connectivity index (χ4v) is 3.43. The maximum absolute atomic E-state index is 13.0. The number of likely N-dealkylation sites (tertiary alicyclic amines) is 1. The van der Waals surface area contributed by atoms with Crippen molar-refractivity contribution in [2.45, 2.75) is 44.2 Å². The average molecular weight is 285 g/mol. The van der Waals surface area contributed by atoms with E-state index in [0.717, 1.165) is 32.5 Å². The minimum Gasteiger partial charge on any atom is -0.311 e. The van der Waals surface area contributed by atoms with E-state index in [4.69, 9.17) is 0 Å². The van der Waals surface area contributed by atoms with Gasteiger partial charge in [0.15, 0.2) is 0 Å². The first-order valence-electron chi connectivity index (χ1n) is 7.24. The molecule has 0 atom stereocenters. The van der Waals surface area contributed by atoms with E-state index < -0.39 is 6.43 Å². The zero-order valence-electron chi connectivity index (χ0n) is 11.8. The number of halogens is 2. The highest BCUT2D eigenvalue weighted by Crippen LogP contribution is 2.31. The van der Waals surface area contributed by atoms with Crippen LogP contribution in [-0.4, -0.2) is 45.1 Å². The second-order valence-electron chi connectivity index (χ2n) is 5.93. The Morgan fingerprint density at radius 2 is 2.05 bits per heavy atom. The van der Waals surface area contributed by atoms with Crippen LogP contribution in [-0.2, 0) is 13.6 Å². The van der Waals surface area contributed by atoms with Crippen molar-refractivity contribution in [3.05, 3.63) is 11.4 Å². The van der Waals surface area contributed by atoms with Crippen molar-refractivity contribution < 1.29 is 8.78 Å². The van der Waals surface area contributed by atoms with Gasteiger partial charge in [-0.15, -0.1) is 5.10 Å². The van der Waals surface area contributed by atoms with Crippen LogP contribution in [0, 0.1) is 0 Å². The average Bonchev–Trinajstić information content (AvgIpc) is 3.00. The summed E-state index contributed by atoms with van der Waals surface area (Å²) in [6.07, 6.45) is 2.17. The lowest BCUT2D eigenvalue weighted by Crippen LogP contribution is -2.49. The number of aromatic nitrogens is 3. The van der Waals surface area contributed by atoms with E-state index in [0.29, 0.717) is 17.8 Å². The summed E-state index contributed by atoms with van der Waals surface area (Å²) in [5.74, 6) is 0. The Balaban J connectivity index is 1.62. The molecule has 2 fully saturated rings. The Morgan fingerprint density at radius 3 is 2.65 bits per heavy atom. The number of aryl methyl sites for hydroxylation is 1. The molecule has 2 aliphatic rings. The largest absolute Gasteiger partial charge is 0.311 e. The summed E-state index contributed by atoms with van der Waals surface area (Å²) in [7, 11) is 1.52. The lowest BCUT2D eigenvalue weighted by Gasteiger charge is -2.39. The van der Waals surface area contributed by atoms with Gasteiger partial charge in [-0.05, 0) is 32.2 Å². The van der Waals surface area contributed by atoms with E-state index in [-0.39, 0.29) is 5.69 Å². The first-order valence-corrected chi connectivity index (χ1v) is 7.24. The van der Waals surface area contributed by atoms with Crippen molar-refractivity contribution in [3.63, 3.8) is 0 Å². The minimum absolute atomic E-state index is 0.0516. The van der Waals surface area contributed by atoms with Crippen molar-refractivity contribution in [1.82, 2.24) is 25.2 Å². The topological polar surface area (TPSA) is 46.0 Å². The van der Waals surface area contributed by atoms with E-state index in [1.807, 2.05) is 0 Å². The van der Waals surface area contributed by atoms with Crippen LogP contribution in [0.2, 0.25) is 0 Å². The van der Waals surface area contributed by atoms with Crippen LogP contribution < -0.4 is 5.32 Å². The molecule has 112 valence electrons. The van der Waals surface area contributed by atoms with Crippen LogP contribution in [0.3, 0.4) is 0 Å². The molecule has 0 bridgehead atoms. The van der Waals surface area contributed by atoms with Crippen LogP contribution in [0.25, 0.3) is 0 Å². The Morgan fingerprint density at radius 1 is 1.30 bits per heavy atom. The van der Waals surface area contributed by atoms with Gasteiger partial charge in [0.2, 0.25) is 0 Å². The van der Waals surface area contributed by atoms with Gasteiger partial charge in [0.25, 0.3) is 6.43 Å². The number of alkyl halides is 2. The molecule has 20 heavy (non-hydrogen) atoms. The lowest BCUT2D eigenvalue weighted by atomic mass is 9.86. The molecule has 0 radical (unpaired) electrons. The zero-order chi connectivity index (χ0) is 14.2. The van der Waals surface area contributed by atoms with Crippen molar-refractivity contribution >= 4 is 0 Å². The van der Waals surface area contributed by atoms with E-state index >= 15 is 0 Å². The Labute approximate surface area is 117 Å². The third-order valence-corrected chi connectivity index (χ3v) is 4.67. The summed E-state index contributed by atoms with van der Waals surface area (Å²) in [4.78, 5) is 2.21. The third-order valence-electron chi connectivity index (χ3n) is 4.67. The lowest BCUT2D eigenvalue weighted by molar-refractivity contribution is 0.127. The van der Waals surface area contributed by atoms with Gasteiger partial charge in [-0.25, -0.2) is 13.5 Å². The van der Waals surface area contributed by atoms with Gasteiger partial charge in [0.1, 0.15) is 11.4 Å². The highest BCUT2D eigenvalue weighted by Gasteiger charge is 2.37. The molecule has 1 aromatic rings. The molecule has 2 saturated heterocycles. The van der Waals surface area contributed by atoms with Gasteiger partial charge in [0.05, 0.1) is 0 Å². The first kappa shape index (κ1) is 13.9. The van der Waals surface area contributed by atoms with Gasteiger partial charge >= 0.3 is 0 Å². The van der Waals surface area contributed by atoms with E-state index in [9.17, 15) is 8.78 Å². The number of hydrogen-bond acceptors (Lipinski definition) is 4. The van der Waals surface area contributed by atoms with E-state index in [1.54, 1.807) is 0 Å². The number of nitrogens with one attached hydrogen (secondary N) is 1. The quantitative estimate of drug-likeness (QED) is 0.913. The van der Waals surface area contributed by atoms with Crippen molar-refractivity contribution in [3.8, 4) is 0 Å².